The van der Waals surface area contributed by atoms with Gasteiger partial charge in [-0.05, 0) is 73.1 Å². The molecule has 0 saturated carbocycles. The number of hydrogen-bond donors (Lipinski definition) is 6. The molecule has 0 aliphatic carbocycles. The minimum absolute atomic E-state index is 0.0297. The number of carboxylic acid groups (broad SMARTS) is 2. The fraction of sp³-hybridized carbons (Fsp3) is 0.455. The molecule has 10 heteroatoms. The Bertz CT molecular complexity index is 1580. The van der Waals surface area contributed by atoms with E-state index in [0.29, 0.717) is 17.5 Å². The summed E-state index contributed by atoms with van der Waals surface area (Å²) in [5.41, 5.74) is 5.81. The second-order valence-electron chi connectivity index (χ2n) is 11.7. The van der Waals surface area contributed by atoms with Crippen LogP contribution < -0.4 is 26.6 Å². The third kappa shape index (κ3) is 6.53. The number of nitrogens with one attached hydrogen (secondary N) is 4. The van der Waals surface area contributed by atoms with Crippen molar-refractivity contribution >= 4 is 35.9 Å². The zero-order chi connectivity index (χ0) is 31.6. The standard InChI is InChI=1S/C33H42N4O6/c1-7-20-19(6)32(42)37-27(20)14-25-18(5)23(10-12-31(40)41)29(35-25)15-28-22(9-11-30(38)39)17(4)24(34-28)13-26-16(3)21(8-2)33(43)36-26/h8,13-15,18-21,27,34-35H,2,7,9-12H2,1,3-6H3,(H,36,43)(H,37,42)(H,38,39)(H,40,41)/b24-13+,25-14-,28-15-/t18?,19-,20-,21?,27?/m1/s1. The van der Waals surface area contributed by atoms with Gasteiger partial charge in [0, 0.05) is 52.5 Å². The van der Waals surface area contributed by atoms with Crippen LogP contribution in [0.15, 0.2) is 47.0 Å². The van der Waals surface area contributed by atoms with Crippen LogP contribution in [0.1, 0.15) is 64.5 Å². The fourth-order valence-electron chi connectivity index (χ4n) is 6.44. The number of H-pyrrole nitrogens is 1. The molecule has 10 nitrogen and oxygen atoms in total. The van der Waals surface area contributed by atoms with Crippen LogP contribution in [0.2, 0.25) is 0 Å². The van der Waals surface area contributed by atoms with Crippen LogP contribution in [0.25, 0.3) is 12.2 Å². The molecule has 43 heavy (non-hydrogen) atoms. The minimum Gasteiger partial charge on any atom is -0.481 e. The van der Waals surface area contributed by atoms with Gasteiger partial charge in [0.05, 0.1) is 12.0 Å². The highest BCUT2D eigenvalue weighted by Crippen LogP contribution is 2.35. The summed E-state index contributed by atoms with van der Waals surface area (Å²) in [6.07, 6.45) is 8.81. The summed E-state index contributed by atoms with van der Waals surface area (Å²) in [6.45, 7) is 13.6. The highest BCUT2D eigenvalue weighted by molar-refractivity contribution is 5.91. The van der Waals surface area contributed by atoms with Crippen molar-refractivity contribution in [3.8, 4) is 0 Å². The Balaban J connectivity index is 1.82. The van der Waals surface area contributed by atoms with Crippen LogP contribution in [0.5, 0.6) is 0 Å². The molecule has 1 saturated heterocycles. The molecule has 5 atom stereocenters. The number of hydrogen-bond acceptors (Lipinski definition) is 5. The topological polar surface area (TPSA) is 161 Å². The first kappa shape index (κ1) is 31.6. The predicted molar refractivity (Wildman–Crippen MR) is 163 cm³/mol. The van der Waals surface area contributed by atoms with Gasteiger partial charge in [0.1, 0.15) is 0 Å². The van der Waals surface area contributed by atoms with Gasteiger partial charge in [0.2, 0.25) is 11.8 Å². The summed E-state index contributed by atoms with van der Waals surface area (Å²) in [5, 5.41) is 29.8. The second kappa shape index (κ2) is 12.9. The number of carbonyl (C=O) groups is 4. The zero-order valence-electron chi connectivity index (χ0n) is 25.5. The average Bonchev–Trinajstić information content (AvgIpc) is 3.59. The highest BCUT2D eigenvalue weighted by Gasteiger charge is 2.38. The van der Waals surface area contributed by atoms with Crippen molar-refractivity contribution in [1.29, 1.82) is 0 Å². The number of aromatic nitrogens is 1. The Labute approximate surface area is 251 Å². The molecule has 4 heterocycles. The Morgan fingerprint density at radius 1 is 0.930 bits per heavy atom. The Kier molecular flexibility index (Phi) is 9.47. The molecule has 1 aromatic rings. The monoisotopic (exact) mass is 590 g/mol. The van der Waals surface area contributed by atoms with E-state index < -0.39 is 17.9 Å². The molecule has 3 unspecified atom stereocenters. The first-order valence-electron chi connectivity index (χ1n) is 14.9. The molecular formula is C33H42N4O6. The van der Waals surface area contributed by atoms with Gasteiger partial charge < -0.3 is 31.1 Å². The molecule has 0 radical (unpaired) electrons. The molecule has 3 aliphatic heterocycles. The van der Waals surface area contributed by atoms with Crippen molar-refractivity contribution in [2.75, 3.05) is 0 Å². The first-order chi connectivity index (χ1) is 20.4. The number of carbonyl (C=O) groups excluding carboxylic acids is 2. The summed E-state index contributed by atoms with van der Waals surface area (Å²) < 4.78 is 0. The lowest BCUT2D eigenvalue weighted by Gasteiger charge is -2.18. The van der Waals surface area contributed by atoms with E-state index in [1.165, 1.54) is 0 Å². The molecule has 0 aromatic carbocycles. The Morgan fingerprint density at radius 3 is 2.19 bits per heavy atom. The number of rotatable bonds is 11. The highest BCUT2D eigenvalue weighted by atomic mass is 16.4. The number of carboxylic acids is 2. The lowest BCUT2D eigenvalue weighted by atomic mass is 9.87. The van der Waals surface area contributed by atoms with Crippen LogP contribution in [-0.2, 0) is 25.6 Å². The summed E-state index contributed by atoms with van der Waals surface area (Å²) in [7, 11) is 0. The Morgan fingerprint density at radius 2 is 1.58 bits per heavy atom. The van der Waals surface area contributed by atoms with Gasteiger partial charge in [-0.15, -0.1) is 6.58 Å². The zero-order valence-corrected chi connectivity index (χ0v) is 25.5. The summed E-state index contributed by atoms with van der Waals surface area (Å²) in [4.78, 5) is 51.3. The third-order valence-electron chi connectivity index (χ3n) is 9.16. The largest absolute Gasteiger partial charge is 0.481 e. The number of allylic oxidation sites excluding steroid dienone is 3. The number of amides is 2. The van der Waals surface area contributed by atoms with Gasteiger partial charge in [-0.25, -0.2) is 0 Å². The molecular weight excluding hydrogens is 548 g/mol. The van der Waals surface area contributed by atoms with Crippen LogP contribution in [-0.4, -0.2) is 45.0 Å². The van der Waals surface area contributed by atoms with E-state index in [1.54, 1.807) is 6.08 Å². The quantitative estimate of drug-likeness (QED) is 0.216. The number of aromatic amines is 1. The normalized spacial score (nSPS) is 27.3. The smallest absolute Gasteiger partial charge is 0.303 e. The van der Waals surface area contributed by atoms with E-state index in [4.69, 9.17) is 0 Å². The van der Waals surface area contributed by atoms with Crippen molar-refractivity contribution in [2.45, 2.75) is 72.8 Å². The predicted octanol–water partition coefficient (Wildman–Crippen LogP) is 2.51. The maximum Gasteiger partial charge on any atom is 0.303 e. The second-order valence-corrected chi connectivity index (χ2v) is 11.7. The number of aliphatic carboxylic acids is 2. The van der Waals surface area contributed by atoms with Gasteiger partial charge in [0.15, 0.2) is 0 Å². The summed E-state index contributed by atoms with van der Waals surface area (Å²) in [5.74, 6) is -2.36. The van der Waals surface area contributed by atoms with Crippen molar-refractivity contribution in [1.82, 2.24) is 20.9 Å². The molecule has 4 rings (SSSR count). The van der Waals surface area contributed by atoms with E-state index in [9.17, 15) is 29.4 Å². The van der Waals surface area contributed by atoms with E-state index in [-0.39, 0.29) is 54.9 Å². The van der Waals surface area contributed by atoms with Crippen molar-refractivity contribution in [2.24, 2.45) is 23.7 Å². The Hall–Kier alpha value is -4.34. The van der Waals surface area contributed by atoms with Crippen LogP contribution >= 0.6 is 0 Å². The van der Waals surface area contributed by atoms with Gasteiger partial charge in [0.25, 0.3) is 0 Å². The van der Waals surface area contributed by atoms with Gasteiger partial charge in [-0.2, -0.15) is 0 Å². The van der Waals surface area contributed by atoms with E-state index in [0.717, 1.165) is 45.4 Å². The fourth-order valence-corrected chi connectivity index (χ4v) is 6.44. The molecule has 6 N–H and O–H groups in total. The van der Waals surface area contributed by atoms with Crippen LogP contribution in [0.4, 0.5) is 0 Å². The van der Waals surface area contributed by atoms with Gasteiger partial charge >= 0.3 is 11.9 Å². The SMILES string of the molecule is C=CC1C(=O)NC(/C=c2/[nH]/c(=C\C3=C(CCC(=O)O)C(C)/C(=C/C4NC(=O)[C@H](C)[C@H]4CC)N3)c(CCC(=O)O)c2C)=C1C. The van der Waals surface area contributed by atoms with Crippen LogP contribution in [0.3, 0.4) is 0 Å². The minimum atomic E-state index is -0.912. The molecule has 0 spiro atoms. The van der Waals surface area contributed by atoms with Crippen molar-refractivity contribution in [3.63, 3.8) is 0 Å². The van der Waals surface area contributed by atoms with Gasteiger partial charge in [-0.1, -0.05) is 33.3 Å². The first-order valence-corrected chi connectivity index (χ1v) is 14.9. The van der Waals surface area contributed by atoms with E-state index in [1.807, 2.05) is 39.8 Å². The molecule has 1 aromatic heterocycles. The molecule has 0 bridgehead atoms. The maximum absolute atomic E-state index is 12.4. The molecule has 1 fully saturated rings. The summed E-state index contributed by atoms with van der Waals surface area (Å²) in [6, 6.07) is -0.130. The summed E-state index contributed by atoms with van der Waals surface area (Å²) >= 11 is 0. The van der Waals surface area contributed by atoms with E-state index >= 15 is 0 Å². The molecule has 2 amide bonds. The maximum atomic E-state index is 12.4. The van der Waals surface area contributed by atoms with E-state index in [2.05, 4.69) is 40.5 Å². The lowest BCUT2D eigenvalue weighted by Crippen LogP contribution is -2.28. The molecule has 3 aliphatic rings. The lowest BCUT2D eigenvalue weighted by molar-refractivity contribution is -0.138. The third-order valence-corrected chi connectivity index (χ3v) is 9.16. The van der Waals surface area contributed by atoms with Gasteiger partial charge in [-0.3, -0.25) is 19.2 Å². The van der Waals surface area contributed by atoms with Crippen molar-refractivity contribution in [3.05, 3.63) is 68.8 Å². The van der Waals surface area contributed by atoms with Crippen LogP contribution in [0, 0.1) is 30.6 Å². The molecule has 230 valence electrons. The average molecular weight is 591 g/mol. The van der Waals surface area contributed by atoms with Crippen molar-refractivity contribution < 1.29 is 29.4 Å².